The number of aliphatic imine (C=N–C) groups is 1. The Morgan fingerprint density at radius 2 is 2.13 bits per heavy atom. The summed E-state index contributed by atoms with van der Waals surface area (Å²) in [6.07, 6.45) is 3.39. The van der Waals surface area contributed by atoms with Gasteiger partial charge in [-0.3, -0.25) is 4.99 Å². The number of benzene rings is 1. The smallest absolute Gasteiger partial charge is 0.191 e. The van der Waals surface area contributed by atoms with Crippen LogP contribution in [0.15, 0.2) is 29.5 Å². The normalized spacial score (nSPS) is 12.2. The van der Waals surface area contributed by atoms with Crippen LogP contribution >= 0.6 is 24.0 Å². The summed E-state index contributed by atoms with van der Waals surface area (Å²) in [7, 11) is 1.45. The fourth-order valence-corrected chi connectivity index (χ4v) is 2.93. The number of guanidine groups is 1. The summed E-state index contributed by atoms with van der Waals surface area (Å²) >= 11 is 0. The largest absolute Gasteiger partial charge is 0.494 e. The van der Waals surface area contributed by atoms with Gasteiger partial charge >= 0.3 is 0 Å². The second kappa shape index (κ2) is 15.0. The first-order valence-corrected chi connectivity index (χ1v) is 10.4. The van der Waals surface area contributed by atoms with Gasteiger partial charge in [0.25, 0.3) is 0 Å². The molecule has 1 aromatic carbocycles. The standard InChI is InChI=1S/C21H33FN6O2.HI/c1-5-20-27-25-15-28(20)12-11-24-21(23-10-7-13-30-6-2)26-16(3)17-8-9-19(29-4)18(22)14-17;/h8-9,14-16H,5-7,10-13H2,1-4H3,(H2,23,24,26);1H. The minimum absolute atomic E-state index is 0. The summed E-state index contributed by atoms with van der Waals surface area (Å²) in [5.74, 6) is 1.46. The summed E-state index contributed by atoms with van der Waals surface area (Å²) in [4.78, 5) is 4.63. The zero-order valence-corrected chi connectivity index (χ0v) is 21.1. The number of halogens is 2. The molecule has 2 aromatic rings. The summed E-state index contributed by atoms with van der Waals surface area (Å²) in [6.45, 7) is 9.38. The molecule has 8 nitrogen and oxygen atoms in total. The van der Waals surface area contributed by atoms with E-state index in [1.807, 2.05) is 24.5 Å². The van der Waals surface area contributed by atoms with E-state index in [2.05, 4.69) is 32.7 Å². The van der Waals surface area contributed by atoms with Crippen LogP contribution in [0.1, 0.15) is 44.6 Å². The number of rotatable bonds is 12. The number of nitrogens with one attached hydrogen (secondary N) is 2. The predicted molar refractivity (Wildman–Crippen MR) is 131 cm³/mol. The van der Waals surface area contributed by atoms with Gasteiger partial charge in [0, 0.05) is 39.3 Å². The number of aromatic nitrogens is 3. The van der Waals surface area contributed by atoms with Crippen molar-refractivity contribution in [3.63, 3.8) is 0 Å². The van der Waals surface area contributed by atoms with E-state index in [0.29, 0.717) is 32.3 Å². The maximum atomic E-state index is 14.1. The molecule has 0 saturated heterocycles. The second-order valence-electron chi connectivity index (χ2n) is 6.76. The summed E-state index contributed by atoms with van der Waals surface area (Å²) in [5.41, 5.74) is 0.809. The molecule has 1 heterocycles. The first-order chi connectivity index (χ1) is 14.6. The second-order valence-corrected chi connectivity index (χ2v) is 6.76. The maximum Gasteiger partial charge on any atom is 0.191 e. The van der Waals surface area contributed by atoms with E-state index in [9.17, 15) is 4.39 Å². The van der Waals surface area contributed by atoms with Crippen LogP contribution in [0.3, 0.4) is 0 Å². The molecule has 0 saturated carbocycles. The highest BCUT2D eigenvalue weighted by atomic mass is 127. The van der Waals surface area contributed by atoms with Gasteiger partial charge in [0.1, 0.15) is 12.2 Å². The molecule has 0 amide bonds. The molecule has 0 spiro atoms. The van der Waals surface area contributed by atoms with E-state index in [1.165, 1.54) is 13.2 Å². The van der Waals surface area contributed by atoms with Crippen molar-refractivity contribution in [2.45, 2.75) is 46.2 Å². The van der Waals surface area contributed by atoms with Crippen LogP contribution in [0, 0.1) is 5.82 Å². The average molecular weight is 548 g/mol. The first kappa shape index (κ1) is 27.1. The van der Waals surface area contributed by atoms with Gasteiger partial charge in [-0.15, -0.1) is 34.2 Å². The van der Waals surface area contributed by atoms with Crippen LogP contribution in [0.2, 0.25) is 0 Å². The number of hydrogen-bond donors (Lipinski definition) is 2. The Bertz CT molecular complexity index is 802. The van der Waals surface area contributed by atoms with Crippen molar-refractivity contribution in [3.05, 3.63) is 41.7 Å². The van der Waals surface area contributed by atoms with Crippen molar-refractivity contribution in [1.82, 2.24) is 25.4 Å². The quantitative estimate of drug-likeness (QED) is 0.183. The van der Waals surface area contributed by atoms with Gasteiger partial charge in [0.15, 0.2) is 17.5 Å². The van der Waals surface area contributed by atoms with E-state index in [4.69, 9.17) is 9.47 Å². The van der Waals surface area contributed by atoms with Crippen molar-refractivity contribution < 1.29 is 13.9 Å². The van der Waals surface area contributed by atoms with Gasteiger partial charge in [-0.05, 0) is 38.0 Å². The van der Waals surface area contributed by atoms with Gasteiger partial charge in [0.2, 0.25) is 0 Å². The van der Waals surface area contributed by atoms with Gasteiger partial charge in [-0.25, -0.2) is 4.39 Å². The molecular formula is C21H34FIN6O2. The molecule has 2 N–H and O–H groups in total. The van der Waals surface area contributed by atoms with E-state index in [1.54, 1.807) is 12.4 Å². The highest BCUT2D eigenvalue weighted by Crippen LogP contribution is 2.21. The van der Waals surface area contributed by atoms with Crippen molar-refractivity contribution in [2.24, 2.45) is 4.99 Å². The van der Waals surface area contributed by atoms with E-state index < -0.39 is 0 Å². The lowest BCUT2D eigenvalue weighted by Gasteiger charge is -2.19. The molecular weight excluding hydrogens is 514 g/mol. The zero-order valence-electron chi connectivity index (χ0n) is 18.7. The predicted octanol–water partition coefficient (Wildman–Crippen LogP) is 3.33. The van der Waals surface area contributed by atoms with Crippen LogP contribution in [-0.2, 0) is 17.7 Å². The molecule has 0 radical (unpaired) electrons. The summed E-state index contributed by atoms with van der Waals surface area (Å²) in [6, 6.07) is 4.82. The third-order valence-electron chi connectivity index (χ3n) is 4.61. The molecule has 0 aliphatic rings. The Balaban J connectivity index is 0.00000480. The molecule has 10 heteroatoms. The number of methoxy groups -OCH3 is 1. The molecule has 31 heavy (non-hydrogen) atoms. The van der Waals surface area contributed by atoms with E-state index in [0.717, 1.165) is 30.8 Å². The minimum atomic E-state index is -0.383. The molecule has 0 fully saturated rings. The monoisotopic (exact) mass is 548 g/mol. The molecule has 174 valence electrons. The molecule has 0 aliphatic carbocycles. The molecule has 0 bridgehead atoms. The Labute approximate surface area is 201 Å². The molecule has 2 rings (SSSR count). The first-order valence-electron chi connectivity index (χ1n) is 10.4. The average Bonchev–Trinajstić information content (AvgIpc) is 3.20. The third-order valence-corrected chi connectivity index (χ3v) is 4.61. The Kier molecular flexibility index (Phi) is 13.1. The highest BCUT2D eigenvalue weighted by molar-refractivity contribution is 14.0. The van der Waals surface area contributed by atoms with Crippen molar-refractivity contribution in [2.75, 3.05) is 33.4 Å². The fraction of sp³-hybridized carbons (Fsp3) is 0.571. The van der Waals surface area contributed by atoms with Gasteiger partial charge in [-0.2, -0.15) is 0 Å². The lowest BCUT2D eigenvalue weighted by molar-refractivity contribution is 0.146. The number of ether oxygens (including phenoxy) is 2. The lowest BCUT2D eigenvalue weighted by Crippen LogP contribution is -2.40. The van der Waals surface area contributed by atoms with Crippen molar-refractivity contribution >= 4 is 29.9 Å². The highest BCUT2D eigenvalue weighted by Gasteiger charge is 2.12. The number of hydrogen-bond acceptors (Lipinski definition) is 5. The Morgan fingerprint density at radius 1 is 1.32 bits per heavy atom. The van der Waals surface area contributed by atoms with Crippen LogP contribution in [0.5, 0.6) is 5.75 Å². The Morgan fingerprint density at radius 3 is 2.81 bits per heavy atom. The van der Waals surface area contributed by atoms with Gasteiger partial charge < -0.3 is 24.7 Å². The van der Waals surface area contributed by atoms with Gasteiger partial charge in [-0.1, -0.05) is 13.0 Å². The molecule has 1 atom stereocenters. The van der Waals surface area contributed by atoms with Crippen LogP contribution in [0.25, 0.3) is 0 Å². The van der Waals surface area contributed by atoms with Crippen LogP contribution in [-0.4, -0.2) is 54.1 Å². The Hall–Kier alpha value is -1.95. The fourth-order valence-electron chi connectivity index (χ4n) is 2.93. The molecule has 0 aliphatic heterocycles. The van der Waals surface area contributed by atoms with Crippen molar-refractivity contribution in [1.29, 1.82) is 0 Å². The van der Waals surface area contributed by atoms with Crippen molar-refractivity contribution in [3.8, 4) is 5.75 Å². The number of aryl methyl sites for hydroxylation is 1. The lowest BCUT2D eigenvalue weighted by atomic mass is 10.1. The zero-order chi connectivity index (χ0) is 21.8. The topological polar surface area (TPSA) is 85.6 Å². The van der Waals surface area contributed by atoms with Crippen LogP contribution < -0.4 is 15.4 Å². The maximum absolute atomic E-state index is 14.1. The van der Waals surface area contributed by atoms with E-state index in [-0.39, 0.29) is 41.6 Å². The van der Waals surface area contributed by atoms with Crippen LogP contribution in [0.4, 0.5) is 4.39 Å². The van der Waals surface area contributed by atoms with E-state index >= 15 is 0 Å². The third kappa shape index (κ3) is 8.98. The summed E-state index contributed by atoms with van der Waals surface area (Å²) in [5, 5.41) is 14.7. The number of nitrogens with zero attached hydrogens (tertiary/aromatic N) is 4. The summed E-state index contributed by atoms with van der Waals surface area (Å²) < 4.78 is 26.5. The molecule has 1 unspecified atom stereocenters. The van der Waals surface area contributed by atoms with Gasteiger partial charge in [0.05, 0.1) is 13.2 Å². The molecule has 1 aromatic heterocycles. The SMILES string of the molecule is CCOCCCN=C(NCCn1cnnc1CC)NC(C)c1ccc(OC)c(F)c1.I. The minimum Gasteiger partial charge on any atom is -0.494 e.